The van der Waals surface area contributed by atoms with E-state index in [2.05, 4.69) is 6.58 Å². The molecule has 0 amide bonds. The molecular weight excluding hydrogens is 214 g/mol. The normalized spacial score (nSPS) is 17.8. The topological polar surface area (TPSA) is 52.3 Å². The predicted octanol–water partition coefficient (Wildman–Crippen LogP) is 2.43. The Hall–Kier alpha value is -0.540. The van der Waals surface area contributed by atoms with Crippen LogP contribution in [0.3, 0.4) is 0 Å². The summed E-state index contributed by atoms with van der Waals surface area (Å²) in [6, 6.07) is 0. The van der Waals surface area contributed by atoms with Gasteiger partial charge in [-0.15, -0.1) is 11.6 Å². The summed E-state index contributed by atoms with van der Waals surface area (Å²) in [4.78, 5) is 11.4. The van der Waals surface area contributed by atoms with Crippen LogP contribution >= 0.6 is 11.6 Å². The molecule has 88 valence electrons. The van der Waals surface area contributed by atoms with E-state index in [1.165, 1.54) is 0 Å². The van der Waals surface area contributed by atoms with E-state index in [9.17, 15) is 4.79 Å². The van der Waals surface area contributed by atoms with Crippen LogP contribution in [-0.4, -0.2) is 17.1 Å². The molecule has 0 rings (SSSR count). The molecule has 0 bridgehead atoms. The Labute approximate surface area is 96.6 Å². The largest absolute Gasteiger partial charge is 0.440 e. The van der Waals surface area contributed by atoms with Crippen molar-refractivity contribution in [2.45, 2.75) is 45.7 Å². The number of hydrogen-bond acceptors (Lipinski definition) is 3. The highest BCUT2D eigenvalue weighted by molar-refractivity contribution is 6.20. The molecule has 0 aromatic carbocycles. The van der Waals surface area contributed by atoms with Crippen LogP contribution in [0.1, 0.15) is 34.6 Å². The molecular formula is C11H20ClNO2. The van der Waals surface area contributed by atoms with Crippen molar-refractivity contribution >= 4 is 17.6 Å². The van der Waals surface area contributed by atoms with Gasteiger partial charge in [-0.25, -0.2) is 4.79 Å². The first-order valence-corrected chi connectivity index (χ1v) is 5.28. The minimum Gasteiger partial charge on any atom is -0.440 e. The minimum absolute atomic E-state index is 0.217. The molecule has 2 unspecified atom stereocenters. The van der Waals surface area contributed by atoms with E-state index >= 15 is 0 Å². The molecule has 0 aliphatic heterocycles. The summed E-state index contributed by atoms with van der Waals surface area (Å²) in [5.41, 5.74) is 4.64. The average molecular weight is 234 g/mol. The van der Waals surface area contributed by atoms with Crippen LogP contribution in [0.4, 0.5) is 0 Å². The number of rotatable bonds is 4. The SMILES string of the molecule is C=C(C)C(=O)OC(C)(N)C(C)(C)C(C)Cl. The number of carbonyl (C=O) groups excluding carboxylic acids is 1. The molecule has 0 heterocycles. The smallest absolute Gasteiger partial charge is 0.334 e. The fourth-order valence-corrected chi connectivity index (χ4v) is 1.02. The fourth-order valence-electron chi connectivity index (χ4n) is 0.806. The van der Waals surface area contributed by atoms with Gasteiger partial charge in [-0.05, 0) is 20.8 Å². The Morgan fingerprint density at radius 2 is 1.87 bits per heavy atom. The zero-order valence-electron chi connectivity index (χ0n) is 10.1. The molecule has 2 N–H and O–H groups in total. The summed E-state index contributed by atoms with van der Waals surface area (Å²) in [5, 5.41) is -0.217. The summed E-state index contributed by atoms with van der Waals surface area (Å²) in [6.07, 6.45) is 0. The summed E-state index contributed by atoms with van der Waals surface area (Å²) in [6.45, 7) is 12.3. The maximum absolute atomic E-state index is 11.4. The third-order valence-corrected chi connectivity index (χ3v) is 3.47. The number of esters is 1. The minimum atomic E-state index is -1.12. The first-order valence-electron chi connectivity index (χ1n) is 4.84. The van der Waals surface area contributed by atoms with Crippen molar-refractivity contribution < 1.29 is 9.53 Å². The molecule has 0 fully saturated rings. The lowest BCUT2D eigenvalue weighted by atomic mass is 9.79. The van der Waals surface area contributed by atoms with Gasteiger partial charge in [0.15, 0.2) is 5.72 Å². The van der Waals surface area contributed by atoms with Gasteiger partial charge in [-0.1, -0.05) is 20.4 Å². The molecule has 2 atom stereocenters. The molecule has 0 saturated heterocycles. The molecule has 0 aliphatic rings. The number of hydrogen-bond donors (Lipinski definition) is 1. The molecule has 0 aliphatic carbocycles. The van der Waals surface area contributed by atoms with Crippen LogP contribution in [0.15, 0.2) is 12.2 Å². The highest BCUT2D eigenvalue weighted by Gasteiger charge is 2.44. The van der Waals surface area contributed by atoms with E-state index in [-0.39, 0.29) is 5.38 Å². The number of carbonyl (C=O) groups is 1. The van der Waals surface area contributed by atoms with Crippen molar-refractivity contribution in [3.63, 3.8) is 0 Å². The lowest BCUT2D eigenvalue weighted by molar-refractivity contribution is -0.165. The van der Waals surface area contributed by atoms with Gasteiger partial charge in [0.1, 0.15) is 0 Å². The zero-order valence-corrected chi connectivity index (χ0v) is 10.8. The Bertz CT molecular complexity index is 270. The van der Waals surface area contributed by atoms with E-state index in [0.717, 1.165) is 0 Å². The van der Waals surface area contributed by atoms with E-state index < -0.39 is 17.1 Å². The molecule has 15 heavy (non-hydrogen) atoms. The Morgan fingerprint density at radius 3 is 2.13 bits per heavy atom. The number of halogens is 1. The predicted molar refractivity (Wildman–Crippen MR) is 62.6 cm³/mol. The van der Waals surface area contributed by atoms with Crippen LogP contribution in [0.25, 0.3) is 0 Å². The van der Waals surface area contributed by atoms with Crippen LogP contribution in [-0.2, 0) is 9.53 Å². The van der Waals surface area contributed by atoms with Crippen molar-refractivity contribution in [2.24, 2.45) is 11.1 Å². The summed E-state index contributed by atoms with van der Waals surface area (Å²) < 4.78 is 5.18. The highest BCUT2D eigenvalue weighted by Crippen LogP contribution is 2.36. The lowest BCUT2D eigenvalue weighted by Gasteiger charge is -2.42. The molecule has 0 radical (unpaired) electrons. The van der Waals surface area contributed by atoms with Gasteiger partial charge in [0.05, 0.1) is 0 Å². The van der Waals surface area contributed by atoms with Crippen molar-refractivity contribution in [3.05, 3.63) is 12.2 Å². The van der Waals surface area contributed by atoms with Gasteiger partial charge in [0, 0.05) is 16.4 Å². The summed E-state index contributed by atoms with van der Waals surface area (Å²) in [5.74, 6) is -0.495. The van der Waals surface area contributed by atoms with E-state index in [1.807, 2.05) is 20.8 Å². The maximum Gasteiger partial charge on any atom is 0.334 e. The number of alkyl halides is 1. The summed E-state index contributed by atoms with van der Waals surface area (Å²) >= 11 is 6.02. The fraction of sp³-hybridized carbons (Fsp3) is 0.727. The Balaban J connectivity index is 4.83. The van der Waals surface area contributed by atoms with Gasteiger partial charge in [-0.3, -0.25) is 5.73 Å². The van der Waals surface area contributed by atoms with Crippen molar-refractivity contribution in [2.75, 3.05) is 0 Å². The van der Waals surface area contributed by atoms with E-state index in [0.29, 0.717) is 5.57 Å². The third-order valence-electron chi connectivity index (χ3n) is 2.93. The molecule has 4 heteroatoms. The van der Waals surface area contributed by atoms with Crippen LogP contribution in [0, 0.1) is 5.41 Å². The van der Waals surface area contributed by atoms with Crippen molar-refractivity contribution in [3.8, 4) is 0 Å². The third kappa shape index (κ3) is 3.21. The molecule has 0 aromatic heterocycles. The van der Waals surface area contributed by atoms with Crippen molar-refractivity contribution in [1.29, 1.82) is 0 Å². The second kappa shape index (κ2) is 4.54. The monoisotopic (exact) mass is 233 g/mol. The molecule has 0 aromatic rings. The van der Waals surface area contributed by atoms with Crippen LogP contribution in [0.5, 0.6) is 0 Å². The van der Waals surface area contributed by atoms with Gasteiger partial charge in [-0.2, -0.15) is 0 Å². The zero-order chi connectivity index (χ0) is 12.4. The van der Waals surface area contributed by atoms with Crippen LogP contribution < -0.4 is 5.73 Å². The van der Waals surface area contributed by atoms with Gasteiger partial charge in [0.2, 0.25) is 0 Å². The maximum atomic E-state index is 11.4. The second-order valence-electron chi connectivity index (χ2n) is 4.61. The molecule has 3 nitrogen and oxygen atoms in total. The summed E-state index contributed by atoms with van der Waals surface area (Å²) in [7, 11) is 0. The average Bonchev–Trinajstić information content (AvgIpc) is 2.02. The van der Waals surface area contributed by atoms with Gasteiger partial charge in [0.25, 0.3) is 0 Å². The Morgan fingerprint density at radius 1 is 1.47 bits per heavy atom. The van der Waals surface area contributed by atoms with E-state index in [4.69, 9.17) is 22.1 Å². The molecule has 0 saturated carbocycles. The molecule has 0 spiro atoms. The van der Waals surface area contributed by atoms with E-state index in [1.54, 1.807) is 13.8 Å². The highest BCUT2D eigenvalue weighted by atomic mass is 35.5. The second-order valence-corrected chi connectivity index (χ2v) is 5.27. The Kier molecular flexibility index (Phi) is 4.37. The number of nitrogens with two attached hydrogens (primary N) is 1. The van der Waals surface area contributed by atoms with Crippen molar-refractivity contribution in [1.82, 2.24) is 0 Å². The number of ether oxygens (including phenoxy) is 1. The van der Waals surface area contributed by atoms with Gasteiger partial charge >= 0.3 is 5.97 Å². The first kappa shape index (κ1) is 14.5. The first-order chi connectivity index (χ1) is 6.52. The van der Waals surface area contributed by atoms with Gasteiger partial charge < -0.3 is 4.74 Å². The standard InChI is InChI=1S/C11H20ClNO2/c1-7(2)9(14)15-11(6,13)10(4,5)8(3)12/h8H,1,13H2,2-6H3. The lowest BCUT2D eigenvalue weighted by Crippen LogP contribution is -2.56. The van der Waals surface area contributed by atoms with Crippen LogP contribution in [0.2, 0.25) is 0 Å². The quantitative estimate of drug-likeness (QED) is 0.351.